The molecule has 0 bridgehead atoms. The third-order valence-electron chi connectivity index (χ3n) is 3.20. The Morgan fingerprint density at radius 2 is 1.81 bits per heavy atom. The van der Waals surface area contributed by atoms with E-state index in [0.29, 0.717) is 6.42 Å². The molecule has 1 aliphatic rings. The third-order valence-corrected chi connectivity index (χ3v) is 3.20. The van der Waals surface area contributed by atoms with E-state index in [0.717, 1.165) is 5.56 Å². The van der Waals surface area contributed by atoms with Crippen LogP contribution in [0.3, 0.4) is 0 Å². The highest BCUT2D eigenvalue weighted by atomic mass is 16.2. The summed E-state index contributed by atoms with van der Waals surface area (Å²) in [7, 11) is 0. The Morgan fingerprint density at radius 1 is 1.19 bits per heavy atom. The van der Waals surface area contributed by atoms with Gasteiger partial charge in [0.05, 0.1) is 0 Å². The second-order valence-corrected chi connectivity index (χ2v) is 4.63. The summed E-state index contributed by atoms with van der Waals surface area (Å²) in [4.78, 5) is 24.5. The molecular formula is C14H15N5O2. The Labute approximate surface area is 121 Å². The van der Waals surface area contributed by atoms with Crippen LogP contribution in [0.2, 0.25) is 0 Å². The van der Waals surface area contributed by atoms with Crippen LogP contribution in [0.5, 0.6) is 0 Å². The molecule has 0 amide bonds. The standard InChI is InChI=1S/C14H15N5O2/c1-2-10(15)12(14-16-18-19-17-14)13(21)11(20)8-9-6-4-3-5-7-9/h3-7,12,14-15H,2,8H2,1H3. The van der Waals surface area contributed by atoms with Crippen molar-refractivity contribution < 1.29 is 9.59 Å². The van der Waals surface area contributed by atoms with Gasteiger partial charge in [-0.2, -0.15) is 0 Å². The quantitative estimate of drug-likeness (QED) is 0.613. The number of hydrogen-bond acceptors (Lipinski definition) is 7. The van der Waals surface area contributed by atoms with E-state index in [1.807, 2.05) is 6.07 Å². The predicted molar refractivity (Wildman–Crippen MR) is 75.2 cm³/mol. The van der Waals surface area contributed by atoms with Gasteiger partial charge in [0.1, 0.15) is 5.92 Å². The number of ketones is 2. The first-order chi connectivity index (χ1) is 10.1. The molecule has 0 aliphatic carbocycles. The van der Waals surface area contributed by atoms with Crippen LogP contribution in [-0.2, 0) is 16.0 Å². The lowest BCUT2D eigenvalue weighted by molar-refractivity contribution is -0.137. The van der Waals surface area contributed by atoms with E-state index in [9.17, 15) is 9.59 Å². The van der Waals surface area contributed by atoms with E-state index >= 15 is 0 Å². The second kappa shape index (κ2) is 6.74. The van der Waals surface area contributed by atoms with Gasteiger partial charge in [-0.05, 0) is 22.4 Å². The van der Waals surface area contributed by atoms with Crippen molar-refractivity contribution in [2.75, 3.05) is 0 Å². The highest BCUT2D eigenvalue weighted by Gasteiger charge is 2.36. The van der Waals surface area contributed by atoms with E-state index in [4.69, 9.17) is 5.41 Å². The Balaban J connectivity index is 2.14. The van der Waals surface area contributed by atoms with Crippen LogP contribution >= 0.6 is 0 Å². The smallest absolute Gasteiger partial charge is 0.211 e. The summed E-state index contributed by atoms with van der Waals surface area (Å²) in [5, 5.41) is 22.0. The van der Waals surface area contributed by atoms with Crippen LogP contribution in [0.1, 0.15) is 18.9 Å². The first kappa shape index (κ1) is 14.8. The monoisotopic (exact) mass is 285 g/mol. The van der Waals surface area contributed by atoms with Gasteiger partial charge in [0.15, 0.2) is 0 Å². The highest BCUT2D eigenvalue weighted by molar-refractivity contribution is 6.42. The number of Topliss-reactive ketones (excluding diaryl/α,β-unsaturated/α-hetero) is 2. The first-order valence-electron chi connectivity index (χ1n) is 6.61. The second-order valence-electron chi connectivity index (χ2n) is 4.63. The summed E-state index contributed by atoms with van der Waals surface area (Å²) < 4.78 is 0. The molecule has 1 aliphatic heterocycles. The molecule has 0 saturated heterocycles. The maximum absolute atomic E-state index is 12.3. The molecule has 0 aromatic heterocycles. The molecule has 1 unspecified atom stereocenters. The molecule has 108 valence electrons. The van der Waals surface area contributed by atoms with Crippen LogP contribution in [0, 0.1) is 11.3 Å². The topological polar surface area (TPSA) is 107 Å². The fraction of sp³-hybridized carbons (Fsp3) is 0.357. The van der Waals surface area contributed by atoms with Crippen molar-refractivity contribution in [1.29, 1.82) is 5.41 Å². The van der Waals surface area contributed by atoms with Gasteiger partial charge >= 0.3 is 0 Å². The maximum Gasteiger partial charge on any atom is 0.211 e. The van der Waals surface area contributed by atoms with Crippen molar-refractivity contribution >= 4 is 17.3 Å². The first-order valence-corrected chi connectivity index (χ1v) is 6.61. The van der Waals surface area contributed by atoms with E-state index in [1.165, 1.54) is 0 Å². The zero-order valence-electron chi connectivity index (χ0n) is 11.6. The van der Waals surface area contributed by atoms with Crippen molar-refractivity contribution in [3.05, 3.63) is 35.9 Å². The zero-order valence-corrected chi connectivity index (χ0v) is 11.6. The average Bonchev–Trinajstić information content (AvgIpc) is 3.02. The van der Waals surface area contributed by atoms with Gasteiger partial charge < -0.3 is 5.41 Å². The molecule has 21 heavy (non-hydrogen) atoms. The molecule has 1 aromatic rings. The zero-order chi connectivity index (χ0) is 15.2. The van der Waals surface area contributed by atoms with Crippen molar-refractivity contribution in [1.82, 2.24) is 0 Å². The number of carbonyl (C=O) groups excluding carboxylic acids is 2. The Hall–Kier alpha value is -2.57. The Kier molecular flexibility index (Phi) is 4.76. The lowest BCUT2D eigenvalue weighted by Crippen LogP contribution is -2.37. The van der Waals surface area contributed by atoms with Crippen molar-refractivity contribution in [3.63, 3.8) is 0 Å². The van der Waals surface area contributed by atoms with Crippen LogP contribution < -0.4 is 0 Å². The fourth-order valence-electron chi connectivity index (χ4n) is 2.04. The molecule has 1 aromatic carbocycles. The summed E-state index contributed by atoms with van der Waals surface area (Å²) in [5.41, 5.74) is 0.874. The van der Waals surface area contributed by atoms with Crippen LogP contribution in [0.15, 0.2) is 51.0 Å². The van der Waals surface area contributed by atoms with E-state index in [2.05, 4.69) is 20.7 Å². The molecule has 0 spiro atoms. The minimum Gasteiger partial charge on any atom is -0.309 e. The van der Waals surface area contributed by atoms with Gasteiger partial charge in [-0.3, -0.25) is 9.59 Å². The molecule has 1 N–H and O–H groups in total. The molecule has 0 saturated carbocycles. The normalized spacial score (nSPS) is 15.1. The lowest BCUT2D eigenvalue weighted by Gasteiger charge is -2.16. The highest BCUT2D eigenvalue weighted by Crippen LogP contribution is 2.20. The summed E-state index contributed by atoms with van der Waals surface area (Å²) in [5.74, 6) is -2.21. The van der Waals surface area contributed by atoms with Gasteiger partial charge in [0.25, 0.3) is 0 Å². The molecule has 7 heteroatoms. The van der Waals surface area contributed by atoms with Gasteiger partial charge in [-0.25, -0.2) is 0 Å². The number of benzene rings is 1. The van der Waals surface area contributed by atoms with Gasteiger partial charge in [0, 0.05) is 12.1 Å². The fourth-order valence-corrected chi connectivity index (χ4v) is 2.04. The molecule has 1 atom stereocenters. The van der Waals surface area contributed by atoms with E-state index in [1.54, 1.807) is 31.2 Å². The van der Waals surface area contributed by atoms with Crippen LogP contribution in [0.25, 0.3) is 0 Å². The Bertz CT molecular complexity index is 597. The van der Waals surface area contributed by atoms with Gasteiger partial charge in [0.2, 0.25) is 17.7 Å². The number of rotatable bonds is 7. The minimum absolute atomic E-state index is 0.00811. The van der Waals surface area contributed by atoms with Gasteiger partial charge in [-0.1, -0.05) is 37.3 Å². The van der Waals surface area contributed by atoms with Crippen LogP contribution in [0.4, 0.5) is 0 Å². The van der Waals surface area contributed by atoms with Crippen molar-refractivity contribution in [2.45, 2.75) is 25.9 Å². The SMILES string of the molecule is CCC(=N)C(C(=O)C(=O)Cc1ccccc1)C1N=NN=N1. The maximum atomic E-state index is 12.3. The molecule has 0 radical (unpaired) electrons. The van der Waals surface area contributed by atoms with Gasteiger partial charge in [-0.15, -0.1) is 10.2 Å². The molecule has 7 nitrogen and oxygen atoms in total. The minimum atomic E-state index is -0.999. The van der Waals surface area contributed by atoms with Crippen LogP contribution in [-0.4, -0.2) is 23.4 Å². The average molecular weight is 285 g/mol. The lowest BCUT2D eigenvalue weighted by atomic mass is 9.89. The van der Waals surface area contributed by atoms with E-state index in [-0.39, 0.29) is 12.1 Å². The molecular weight excluding hydrogens is 270 g/mol. The number of hydrogen-bond donors (Lipinski definition) is 1. The summed E-state index contributed by atoms with van der Waals surface area (Å²) in [6.45, 7) is 1.74. The largest absolute Gasteiger partial charge is 0.309 e. The van der Waals surface area contributed by atoms with Crippen molar-refractivity contribution in [2.24, 2.45) is 26.6 Å². The number of nitrogens with one attached hydrogen (secondary N) is 1. The number of nitrogens with zero attached hydrogens (tertiary/aromatic N) is 4. The van der Waals surface area contributed by atoms with Crippen molar-refractivity contribution in [3.8, 4) is 0 Å². The molecule has 0 fully saturated rings. The molecule has 1 heterocycles. The predicted octanol–water partition coefficient (Wildman–Crippen LogP) is 2.57. The van der Waals surface area contributed by atoms with E-state index < -0.39 is 23.7 Å². The summed E-state index contributed by atoms with van der Waals surface area (Å²) in [6, 6.07) is 9.00. The third kappa shape index (κ3) is 3.50. The summed E-state index contributed by atoms with van der Waals surface area (Å²) in [6.07, 6.45) is -0.533. The molecule has 2 rings (SSSR count). The Morgan fingerprint density at radius 3 is 2.38 bits per heavy atom. The number of carbonyl (C=O) groups is 2. The summed E-state index contributed by atoms with van der Waals surface area (Å²) >= 11 is 0.